The number of rotatable bonds is 6. The molecule has 0 aliphatic rings. The molecule has 0 aromatic heterocycles. The zero-order chi connectivity index (χ0) is 19.8. The van der Waals surface area contributed by atoms with E-state index in [2.05, 4.69) is 38.5 Å². The fourth-order valence-corrected chi connectivity index (χ4v) is 2.90. The Morgan fingerprint density at radius 1 is 1.11 bits per heavy atom. The molecular formula is C19H20IN3O3S. The van der Waals surface area contributed by atoms with Crippen LogP contribution in [-0.4, -0.2) is 37.2 Å². The van der Waals surface area contributed by atoms with Gasteiger partial charge in [0.05, 0.1) is 6.61 Å². The van der Waals surface area contributed by atoms with Crippen molar-refractivity contribution in [2.24, 2.45) is 0 Å². The molecule has 2 rings (SSSR count). The van der Waals surface area contributed by atoms with Crippen LogP contribution in [0.1, 0.15) is 26.3 Å². The smallest absolute Gasteiger partial charge is 0.257 e. The number of methoxy groups -OCH3 is 1. The van der Waals surface area contributed by atoms with Crippen molar-refractivity contribution in [1.82, 2.24) is 10.6 Å². The third kappa shape index (κ3) is 6.56. The Kier molecular flexibility index (Phi) is 8.14. The Hall–Kier alpha value is -2.04. The molecule has 0 aliphatic heterocycles. The lowest BCUT2D eigenvalue weighted by molar-refractivity contribution is 0.0935. The highest BCUT2D eigenvalue weighted by atomic mass is 127. The van der Waals surface area contributed by atoms with Gasteiger partial charge < -0.3 is 15.4 Å². The topological polar surface area (TPSA) is 79.5 Å². The summed E-state index contributed by atoms with van der Waals surface area (Å²) in [5, 5.41) is 8.48. The Labute approximate surface area is 177 Å². The largest absolute Gasteiger partial charge is 0.383 e. The number of carbonyl (C=O) groups excluding carboxylic acids is 2. The molecule has 0 heterocycles. The molecule has 0 bridgehead atoms. The van der Waals surface area contributed by atoms with Crippen LogP contribution < -0.4 is 16.0 Å². The van der Waals surface area contributed by atoms with Gasteiger partial charge in [-0.1, -0.05) is 12.1 Å². The number of carbonyl (C=O) groups is 2. The molecule has 2 aromatic rings. The number of hydrogen-bond donors (Lipinski definition) is 3. The monoisotopic (exact) mass is 497 g/mol. The van der Waals surface area contributed by atoms with Crippen LogP contribution in [0.15, 0.2) is 42.5 Å². The van der Waals surface area contributed by atoms with Gasteiger partial charge >= 0.3 is 0 Å². The fourth-order valence-electron chi connectivity index (χ4n) is 2.18. The maximum atomic E-state index is 12.3. The van der Waals surface area contributed by atoms with Crippen LogP contribution in [0.4, 0.5) is 5.69 Å². The van der Waals surface area contributed by atoms with E-state index in [1.165, 1.54) is 0 Å². The van der Waals surface area contributed by atoms with E-state index < -0.39 is 0 Å². The van der Waals surface area contributed by atoms with E-state index in [0.717, 1.165) is 9.13 Å². The predicted octanol–water partition coefficient (Wildman–Crippen LogP) is 3.10. The van der Waals surface area contributed by atoms with Crippen LogP contribution in [-0.2, 0) is 4.74 Å². The number of amides is 2. The molecule has 0 saturated carbocycles. The van der Waals surface area contributed by atoms with Crippen molar-refractivity contribution < 1.29 is 14.3 Å². The quantitative estimate of drug-likeness (QED) is 0.325. The maximum Gasteiger partial charge on any atom is 0.257 e. The molecule has 0 saturated heterocycles. The van der Waals surface area contributed by atoms with Crippen LogP contribution in [0.25, 0.3) is 0 Å². The summed E-state index contributed by atoms with van der Waals surface area (Å²) in [6.07, 6.45) is 0. The van der Waals surface area contributed by atoms with Gasteiger partial charge in [0, 0.05) is 34.0 Å². The molecule has 0 unspecified atom stereocenters. The summed E-state index contributed by atoms with van der Waals surface area (Å²) in [6, 6.07) is 12.3. The lowest BCUT2D eigenvalue weighted by atomic mass is 10.1. The van der Waals surface area contributed by atoms with E-state index >= 15 is 0 Å². The average molecular weight is 497 g/mol. The lowest BCUT2D eigenvalue weighted by Crippen LogP contribution is -2.34. The Morgan fingerprint density at radius 3 is 2.56 bits per heavy atom. The number of halogens is 1. The first-order chi connectivity index (χ1) is 12.9. The second-order valence-corrected chi connectivity index (χ2v) is 7.27. The first-order valence-electron chi connectivity index (χ1n) is 8.16. The van der Waals surface area contributed by atoms with E-state index in [4.69, 9.17) is 17.0 Å². The van der Waals surface area contributed by atoms with Crippen molar-refractivity contribution in [2.45, 2.75) is 6.92 Å². The summed E-state index contributed by atoms with van der Waals surface area (Å²) in [7, 11) is 1.57. The minimum atomic E-state index is -0.293. The SMILES string of the molecule is COCCNC(=O)c1cccc(NC(=S)NC(=O)c2ccc(C)c(I)c2)c1. The molecule has 6 nitrogen and oxygen atoms in total. The summed E-state index contributed by atoms with van der Waals surface area (Å²) in [5.41, 5.74) is 2.73. The van der Waals surface area contributed by atoms with Gasteiger partial charge in [0.25, 0.3) is 11.8 Å². The minimum absolute atomic E-state index is 0.160. The van der Waals surface area contributed by atoms with Crippen molar-refractivity contribution in [3.8, 4) is 0 Å². The summed E-state index contributed by atoms with van der Waals surface area (Å²) >= 11 is 7.39. The summed E-state index contributed by atoms with van der Waals surface area (Å²) < 4.78 is 5.91. The molecular weight excluding hydrogens is 477 g/mol. The number of thiocarbonyl (C=S) groups is 1. The van der Waals surface area contributed by atoms with Crippen molar-refractivity contribution in [2.75, 3.05) is 25.6 Å². The molecule has 0 spiro atoms. The van der Waals surface area contributed by atoms with Crippen LogP contribution in [0.5, 0.6) is 0 Å². The van der Waals surface area contributed by atoms with Gasteiger partial charge in [0.15, 0.2) is 5.11 Å². The van der Waals surface area contributed by atoms with Crippen LogP contribution >= 0.6 is 34.8 Å². The summed E-state index contributed by atoms with van der Waals surface area (Å²) in [5.74, 6) is -0.501. The highest BCUT2D eigenvalue weighted by Crippen LogP contribution is 2.14. The highest BCUT2D eigenvalue weighted by molar-refractivity contribution is 14.1. The third-order valence-electron chi connectivity index (χ3n) is 3.64. The number of aryl methyl sites for hydroxylation is 1. The minimum Gasteiger partial charge on any atom is -0.383 e. The molecule has 27 heavy (non-hydrogen) atoms. The Bertz CT molecular complexity index is 858. The van der Waals surface area contributed by atoms with E-state index in [1.54, 1.807) is 43.5 Å². The molecule has 0 aliphatic carbocycles. The standard InChI is InChI=1S/C19H20IN3O3S/c1-12-6-7-14(11-16(12)20)18(25)23-19(27)22-15-5-3-4-13(10-15)17(24)21-8-9-26-2/h3-7,10-11H,8-9H2,1-2H3,(H,21,24)(H2,22,23,25,27). The molecule has 2 amide bonds. The van der Waals surface area contributed by atoms with Crippen LogP contribution in [0.2, 0.25) is 0 Å². The second-order valence-electron chi connectivity index (χ2n) is 5.70. The van der Waals surface area contributed by atoms with Crippen molar-refractivity contribution in [3.63, 3.8) is 0 Å². The second kappa shape index (κ2) is 10.3. The highest BCUT2D eigenvalue weighted by Gasteiger charge is 2.10. The van der Waals surface area contributed by atoms with E-state index in [-0.39, 0.29) is 16.9 Å². The molecule has 0 atom stereocenters. The van der Waals surface area contributed by atoms with Crippen LogP contribution in [0, 0.1) is 10.5 Å². The van der Waals surface area contributed by atoms with E-state index in [0.29, 0.717) is 30.0 Å². The lowest BCUT2D eigenvalue weighted by Gasteiger charge is -2.11. The number of nitrogens with one attached hydrogen (secondary N) is 3. The Morgan fingerprint density at radius 2 is 1.85 bits per heavy atom. The molecule has 142 valence electrons. The third-order valence-corrected chi connectivity index (χ3v) is 5.00. The normalized spacial score (nSPS) is 10.2. The van der Waals surface area contributed by atoms with Gasteiger partial charge in [-0.15, -0.1) is 0 Å². The van der Waals surface area contributed by atoms with E-state index in [1.807, 2.05) is 13.0 Å². The van der Waals surface area contributed by atoms with Crippen molar-refractivity contribution in [1.29, 1.82) is 0 Å². The van der Waals surface area contributed by atoms with E-state index in [9.17, 15) is 9.59 Å². The van der Waals surface area contributed by atoms with Gasteiger partial charge in [-0.25, -0.2) is 0 Å². The van der Waals surface area contributed by atoms with Gasteiger partial charge in [-0.2, -0.15) is 0 Å². The first-order valence-corrected chi connectivity index (χ1v) is 9.65. The van der Waals surface area contributed by atoms with Crippen molar-refractivity contribution in [3.05, 3.63) is 62.7 Å². The average Bonchev–Trinajstić information content (AvgIpc) is 2.64. The maximum absolute atomic E-state index is 12.3. The molecule has 2 aromatic carbocycles. The number of ether oxygens (including phenoxy) is 1. The molecule has 0 radical (unpaired) electrons. The summed E-state index contributed by atoms with van der Waals surface area (Å²) in [4.78, 5) is 24.4. The number of anilines is 1. The van der Waals surface area contributed by atoms with Gasteiger partial charge in [-0.05, 0) is 77.6 Å². The zero-order valence-corrected chi connectivity index (χ0v) is 17.9. The van der Waals surface area contributed by atoms with Gasteiger partial charge in [0.2, 0.25) is 0 Å². The predicted molar refractivity (Wildman–Crippen MR) is 118 cm³/mol. The van der Waals surface area contributed by atoms with Crippen LogP contribution in [0.3, 0.4) is 0 Å². The van der Waals surface area contributed by atoms with Gasteiger partial charge in [0.1, 0.15) is 0 Å². The number of benzene rings is 2. The zero-order valence-electron chi connectivity index (χ0n) is 15.0. The fraction of sp³-hybridized carbons (Fsp3) is 0.211. The first kappa shape index (κ1) is 21.3. The molecule has 8 heteroatoms. The van der Waals surface area contributed by atoms with Gasteiger partial charge in [-0.3, -0.25) is 14.9 Å². The summed E-state index contributed by atoms with van der Waals surface area (Å²) in [6.45, 7) is 2.85. The van der Waals surface area contributed by atoms with Crippen molar-refractivity contribution >= 4 is 57.4 Å². The number of hydrogen-bond acceptors (Lipinski definition) is 4. The molecule has 0 fully saturated rings. The Balaban J connectivity index is 1.97. The molecule has 3 N–H and O–H groups in total.